The van der Waals surface area contributed by atoms with Gasteiger partial charge < -0.3 is 4.90 Å². The molecule has 28 heavy (non-hydrogen) atoms. The molecule has 0 N–H and O–H groups in total. The lowest BCUT2D eigenvalue weighted by atomic mass is 9.92. The number of aromatic nitrogens is 1. The van der Waals surface area contributed by atoms with E-state index in [-0.39, 0.29) is 0 Å². The largest absolute Gasteiger partial charge is 0.367 e. The highest BCUT2D eigenvalue weighted by Crippen LogP contribution is 2.33. The van der Waals surface area contributed by atoms with Crippen LogP contribution < -0.4 is 4.90 Å². The molecule has 0 saturated heterocycles. The number of nitrogens with zero attached hydrogens (tertiary/aromatic N) is 2. The molecule has 2 heteroatoms. The van der Waals surface area contributed by atoms with Crippen LogP contribution in [-0.2, 0) is 25.8 Å². The molecule has 0 atom stereocenters. The van der Waals surface area contributed by atoms with Crippen molar-refractivity contribution in [2.45, 2.75) is 53.5 Å². The maximum absolute atomic E-state index is 5.19. The van der Waals surface area contributed by atoms with Gasteiger partial charge >= 0.3 is 0 Å². The van der Waals surface area contributed by atoms with Gasteiger partial charge in [0.2, 0.25) is 0 Å². The number of hydrogen-bond acceptors (Lipinski definition) is 2. The molecule has 0 amide bonds. The van der Waals surface area contributed by atoms with Crippen LogP contribution in [0.5, 0.6) is 0 Å². The molecule has 144 valence electrons. The lowest BCUT2D eigenvalue weighted by Crippen LogP contribution is -2.32. The summed E-state index contributed by atoms with van der Waals surface area (Å²) >= 11 is 0. The third-order valence-corrected chi connectivity index (χ3v) is 6.11. The Labute approximate surface area is 169 Å². The number of para-hydroxylation sites is 1. The lowest BCUT2D eigenvalue weighted by Gasteiger charge is -2.32. The minimum atomic E-state index is 0.954. The van der Waals surface area contributed by atoms with Gasteiger partial charge in [-0.3, -0.25) is 4.98 Å². The summed E-state index contributed by atoms with van der Waals surface area (Å²) in [6, 6.07) is 17.7. The van der Waals surface area contributed by atoms with E-state index < -0.39 is 0 Å². The van der Waals surface area contributed by atoms with Crippen molar-refractivity contribution in [2.24, 2.45) is 0 Å². The Kier molecular flexibility index (Phi) is 5.21. The normalized spacial score (nSPS) is 13.5. The molecule has 1 aliphatic heterocycles. The quantitative estimate of drug-likeness (QED) is 0.555. The molecule has 2 nitrogen and oxygen atoms in total. The highest BCUT2D eigenvalue weighted by atomic mass is 15.1. The average molecular weight is 371 g/mol. The van der Waals surface area contributed by atoms with Crippen molar-refractivity contribution in [3.8, 4) is 11.3 Å². The highest BCUT2D eigenvalue weighted by molar-refractivity contribution is 5.70. The summed E-state index contributed by atoms with van der Waals surface area (Å²) in [6.07, 6.45) is 3.10. The molecule has 0 radical (unpaired) electrons. The van der Waals surface area contributed by atoms with Crippen molar-refractivity contribution >= 4 is 5.69 Å². The van der Waals surface area contributed by atoms with Crippen LogP contribution in [0.15, 0.2) is 48.5 Å². The zero-order valence-corrected chi connectivity index (χ0v) is 17.5. The van der Waals surface area contributed by atoms with Crippen molar-refractivity contribution in [3.63, 3.8) is 0 Å². The number of fused-ring (bicyclic) bond motifs is 1. The maximum Gasteiger partial charge on any atom is 0.0713 e. The summed E-state index contributed by atoms with van der Waals surface area (Å²) in [5.74, 6) is 0. The minimum absolute atomic E-state index is 0.954. The third-order valence-electron chi connectivity index (χ3n) is 6.11. The Hall–Kier alpha value is -2.61. The molecule has 1 aliphatic rings. The van der Waals surface area contributed by atoms with E-state index in [1.807, 2.05) is 0 Å². The van der Waals surface area contributed by atoms with E-state index in [0.717, 1.165) is 38.0 Å². The standard InChI is InChI=1S/C26H30N2/c1-5-20-11-9-12-21(6-2)26(20)24-16-19(4)22-17-28(15-14-23(22)27-24)25-13-8-7-10-18(25)3/h7-13,16H,5-6,14-15,17H2,1-4H3. The zero-order valence-electron chi connectivity index (χ0n) is 17.5. The van der Waals surface area contributed by atoms with E-state index in [1.54, 1.807) is 0 Å². The monoisotopic (exact) mass is 370 g/mol. The molecule has 0 saturated carbocycles. The van der Waals surface area contributed by atoms with Gasteiger partial charge in [-0.05, 0) is 66.6 Å². The van der Waals surface area contributed by atoms with Crippen molar-refractivity contribution < 1.29 is 0 Å². The first kappa shape index (κ1) is 18.7. The number of pyridine rings is 1. The maximum atomic E-state index is 5.19. The third kappa shape index (κ3) is 3.32. The van der Waals surface area contributed by atoms with E-state index >= 15 is 0 Å². The lowest BCUT2D eigenvalue weighted by molar-refractivity contribution is 0.706. The summed E-state index contributed by atoms with van der Waals surface area (Å²) in [5.41, 5.74) is 12.1. The van der Waals surface area contributed by atoms with Crippen LogP contribution in [0.25, 0.3) is 11.3 Å². The molecule has 1 aromatic heterocycles. The first-order valence-corrected chi connectivity index (χ1v) is 10.5. The highest BCUT2D eigenvalue weighted by Gasteiger charge is 2.22. The fraction of sp³-hybridized carbons (Fsp3) is 0.346. The van der Waals surface area contributed by atoms with Gasteiger partial charge in [-0.1, -0.05) is 50.2 Å². The molecular weight excluding hydrogens is 340 g/mol. The van der Waals surface area contributed by atoms with E-state index in [2.05, 4.69) is 81.1 Å². The average Bonchev–Trinajstić information content (AvgIpc) is 2.73. The molecule has 0 aliphatic carbocycles. The van der Waals surface area contributed by atoms with E-state index in [4.69, 9.17) is 4.98 Å². The van der Waals surface area contributed by atoms with Gasteiger partial charge in [0.15, 0.2) is 0 Å². The first-order valence-electron chi connectivity index (χ1n) is 10.5. The summed E-state index contributed by atoms with van der Waals surface area (Å²) in [4.78, 5) is 7.69. The van der Waals surface area contributed by atoms with Gasteiger partial charge in [-0.25, -0.2) is 0 Å². The summed E-state index contributed by atoms with van der Waals surface area (Å²) in [5, 5.41) is 0. The molecule has 2 aromatic carbocycles. The van der Waals surface area contributed by atoms with Gasteiger partial charge in [0.25, 0.3) is 0 Å². The predicted octanol–water partition coefficient (Wildman–Crippen LogP) is 6.05. The Balaban J connectivity index is 1.75. The number of rotatable bonds is 4. The number of hydrogen-bond donors (Lipinski definition) is 0. The van der Waals surface area contributed by atoms with Crippen molar-refractivity contribution in [1.82, 2.24) is 4.98 Å². The molecular formula is C26H30N2. The zero-order chi connectivity index (χ0) is 19.7. The topological polar surface area (TPSA) is 16.1 Å². The number of anilines is 1. The molecule has 2 heterocycles. The van der Waals surface area contributed by atoms with Crippen LogP contribution >= 0.6 is 0 Å². The fourth-order valence-electron chi connectivity index (χ4n) is 4.52. The molecule has 0 unspecified atom stereocenters. The molecule has 4 rings (SSSR count). The SMILES string of the molecule is CCc1cccc(CC)c1-c1cc(C)c2c(n1)CCN(c1ccccc1C)C2. The van der Waals surface area contributed by atoms with Gasteiger partial charge in [-0.2, -0.15) is 0 Å². The second-order valence-electron chi connectivity index (χ2n) is 7.87. The predicted molar refractivity (Wildman–Crippen MR) is 119 cm³/mol. The van der Waals surface area contributed by atoms with E-state index in [9.17, 15) is 0 Å². The Morgan fingerprint density at radius 3 is 2.29 bits per heavy atom. The first-order chi connectivity index (χ1) is 13.6. The van der Waals surface area contributed by atoms with Crippen LogP contribution in [0, 0.1) is 13.8 Å². The Morgan fingerprint density at radius 2 is 1.61 bits per heavy atom. The van der Waals surface area contributed by atoms with Crippen LogP contribution in [0.3, 0.4) is 0 Å². The van der Waals surface area contributed by atoms with Gasteiger partial charge in [0.1, 0.15) is 0 Å². The van der Waals surface area contributed by atoms with Gasteiger partial charge in [0, 0.05) is 36.5 Å². The summed E-state index contributed by atoms with van der Waals surface area (Å²) in [6.45, 7) is 10.9. The summed E-state index contributed by atoms with van der Waals surface area (Å²) < 4.78 is 0. The number of aryl methyl sites for hydroxylation is 4. The van der Waals surface area contributed by atoms with Crippen molar-refractivity contribution in [1.29, 1.82) is 0 Å². The fourth-order valence-corrected chi connectivity index (χ4v) is 4.52. The summed E-state index contributed by atoms with van der Waals surface area (Å²) in [7, 11) is 0. The second kappa shape index (κ2) is 7.79. The van der Waals surface area contributed by atoms with Gasteiger partial charge in [0.05, 0.1) is 5.69 Å². The Morgan fingerprint density at radius 1 is 0.893 bits per heavy atom. The van der Waals surface area contributed by atoms with E-state index in [0.29, 0.717) is 0 Å². The second-order valence-corrected chi connectivity index (χ2v) is 7.87. The number of benzene rings is 2. The van der Waals surface area contributed by atoms with E-state index in [1.165, 1.54) is 44.8 Å². The smallest absolute Gasteiger partial charge is 0.0713 e. The van der Waals surface area contributed by atoms with Crippen LogP contribution in [0.1, 0.15) is 47.4 Å². The molecule has 0 fully saturated rings. The Bertz CT molecular complexity index is 981. The van der Waals surface area contributed by atoms with Crippen LogP contribution in [-0.4, -0.2) is 11.5 Å². The van der Waals surface area contributed by atoms with Crippen LogP contribution in [0.4, 0.5) is 5.69 Å². The van der Waals surface area contributed by atoms with Gasteiger partial charge in [-0.15, -0.1) is 0 Å². The molecule has 3 aromatic rings. The van der Waals surface area contributed by atoms with Crippen LogP contribution in [0.2, 0.25) is 0 Å². The van der Waals surface area contributed by atoms with Crippen molar-refractivity contribution in [2.75, 3.05) is 11.4 Å². The minimum Gasteiger partial charge on any atom is -0.367 e. The van der Waals surface area contributed by atoms with Crippen molar-refractivity contribution in [3.05, 3.63) is 82.0 Å². The molecule has 0 spiro atoms. The molecule has 0 bridgehead atoms.